The molecule has 0 bridgehead atoms. The summed E-state index contributed by atoms with van der Waals surface area (Å²) in [6.45, 7) is 2.37. The summed E-state index contributed by atoms with van der Waals surface area (Å²) in [7, 11) is 1.56. The quantitative estimate of drug-likeness (QED) is 0.717. The van der Waals surface area contributed by atoms with E-state index in [9.17, 15) is 4.79 Å². The molecule has 1 aliphatic carbocycles. The number of hydrogen-bond acceptors (Lipinski definition) is 3. The Labute approximate surface area is 104 Å². The highest BCUT2D eigenvalue weighted by atomic mass is 16.5. The van der Waals surface area contributed by atoms with Crippen molar-refractivity contribution >= 4 is 5.91 Å². The molecule has 1 aliphatic rings. The number of nitrogens with one attached hydrogen (secondary N) is 1. The van der Waals surface area contributed by atoms with Gasteiger partial charge in [-0.05, 0) is 25.7 Å². The first-order valence-electron chi connectivity index (χ1n) is 6.70. The molecule has 0 heterocycles. The van der Waals surface area contributed by atoms with Crippen LogP contribution in [0.25, 0.3) is 0 Å². The number of rotatable bonds is 5. The molecule has 0 aromatic rings. The Morgan fingerprint density at radius 2 is 1.94 bits per heavy atom. The third-order valence-corrected chi connectivity index (χ3v) is 3.66. The first-order valence-corrected chi connectivity index (χ1v) is 6.70. The van der Waals surface area contributed by atoms with Crippen LogP contribution in [0.5, 0.6) is 0 Å². The lowest BCUT2D eigenvalue weighted by Crippen LogP contribution is -2.48. The second-order valence-corrected chi connectivity index (χ2v) is 5.11. The Morgan fingerprint density at radius 3 is 2.47 bits per heavy atom. The molecule has 17 heavy (non-hydrogen) atoms. The maximum Gasteiger partial charge on any atom is 0.239 e. The van der Waals surface area contributed by atoms with Gasteiger partial charge in [-0.25, -0.2) is 0 Å². The molecular formula is C13H26N2O2. The monoisotopic (exact) mass is 242 g/mol. The maximum atomic E-state index is 11.8. The van der Waals surface area contributed by atoms with Gasteiger partial charge < -0.3 is 15.8 Å². The Bertz CT molecular complexity index is 225. The van der Waals surface area contributed by atoms with Crippen molar-refractivity contribution in [2.45, 2.75) is 57.5 Å². The van der Waals surface area contributed by atoms with E-state index in [0.717, 1.165) is 0 Å². The fourth-order valence-electron chi connectivity index (χ4n) is 2.52. The Morgan fingerprint density at radius 1 is 1.35 bits per heavy atom. The molecule has 1 unspecified atom stereocenters. The normalized spacial score (nSPS) is 21.6. The molecule has 1 fully saturated rings. The van der Waals surface area contributed by atoms with Crippen LogP contribution < -0.4 is 11.1 Å². The van der Waals surface area contributed by atoms with Crippen LogP contribution in [0.15, 0.2) is 0 Å². The molecule has 4 nitrogen and oxygen atoms in total. The number of carbonyl (C=O) groups is 1. The van der Waals surface area contributed by atoms with Gasteiger partial charge >= 0.3 is 0 Å². The summed E-state index contributed by atoms with van der Waals surface area (Å²) < 4.78 is 4.89. The molecule has 1 amide bonds. The average Bonchev–Trinajstić information content (AvgIpc) is 2.57. The fraction of sp³-hybridized carbons (Fsp3) is 0.923. The van der Waals surface area contributed by atoms with E-state index in [1.165, 1.54) is 38.5 Å². The van der Waals surface area contributed by atoms with Gasteiger partial charge in [-0.2, -0.15) is 0 Å². The zero-order valence-electron chi connectivity index (χ0n) is 11.1. The molecule has 1 rings (SSSR count). The number of nitrogens with two attached hydrogens (primary N) is 1. The summed E-state index contributed by atoms with van der Waals surface area (Å²) in [5.41, 5.74) is 5.70. The SMILES string of the molecule is COCC(N)C(=O)N[C@H](C)C1CCCCCC1. The maximum absolute atomic E-state index is 11.8. The number of methoxy groups -OCH3 is 1. The lowest BCUT2D eigenvalue weighted by atomic mass is 9.93. The minimum atomic E-state index is -0.548. The van der Waals surface area contributed by atoms with Crippen LogP contribution in [0.3, 0.4) is 0 Å². The van der Waals surface area contributed by atoms with Crippen LogP contribution in [-0.4, -0.2) is 31.7 Å². The molecule has 100 valence electrons. The van der Waals surface area contributed by atoms with Gasteiger partial charge in [-0.1, -0.05) is 25.7 Å². The number of hydrogen-bond donors (Lipinski definition) is 2. The van der Waals surface area contributed by atoms with Crippen molar-refractivity contribution in [2.24, 2.45) is 11.7 Å². The van der Waals surface area contributed by atoms with Gasteiger partial charge in [0.15, 0.2) is 0 Å². The molecule has 1 saturated carbocycles. The zero-order valence-corrected chi connectivity index (χ0v) is 11.1. The molecule has 0 aromatic heterocycles. The minimum Gasteiger partial charge on any atom is -0.383 e. The lowest BCUT2D eigenvalue weighted by molar-refractivity contribution is -0.124. The Kier molecular flexibility index (Phi) is 6.52. The zero-order chi connectivity index (χ0) is 12.7. The Hall–Kier alpha value is -0.610. The van der Waals surface area contributed by atoms with E-state index < -0.39 is 6.04 Å². The van der Waals surface area contributed by atoms with Crippen LogP contribution >= 0.6 is 0 Å². The van der Waals surface area contributed by atoms with Gasteiger partial charge in [0.25, 0.3) is 0 Å². The average molecular weight is 242 g/mol. The van der Waals surface area contributed by atoms with E-state index >= 15 is 0 Å². The van der Waals surface area contributed by atoms with Crippen LogP contribution in [0.1, 0.15) is 45.4 Å². The van der Waals surface area contributed by atoms with Crippen molar-refractivity contribution in [2.75, 3.05) is 13.7 Å². The first-order chi connectivity index (χ1) is 8.15. The van der Waals surface area contributed by atoms with Gasteiger partial charge in [0.2, 0.25) is 5.91 Å². The highest BCUT2D eigenvalue weighted by Gasteiger charge is 2.22. The standard InChI is InChI=1S/C13H26N2O2/c1-10(11-7-5-3-4-6-8-11)15-13(16)12(14)9-17-2/h10-12H,3-9,14H2,1-2H3,(H,15,16)/t10-,12?/m1/s1. The van der Waals surface area contributed by atoms with Crippen LogP contribution in [0, 0.1) is 5.92 Å². The molecule has 0 saturated heterocycles. The predicted molar refractivity (Wildman–Crippen MR) is 68.6 cm³/mol. The van der Waals surface area contributed by atoms with Crippen molar-refractivity contribution in [3.63, 3.8) is 0 Å². The summed E-state index contributed by atoms with van der Waals surface area (Å²) >= 11 is 0. The van der Waals surface area contributed by atoms with Gasteiger partial charge in [0.05, 0.1) is 6.61 Å². The molecular weight excluding hydrogens is 216 g/mol. The van der Waals surface area contributed by atoms with E-state index in [2.05, 4.69) is 12.2 Å². The number of carbonyl (C=O) groups excluding carboxylic acids is 1. The third-order valence-electron chi connectivity index (χ3n) is 3.66. The highest BCUT2D eigenvalue weighted by Crippen LogP contribution is 2.25. The molecule has 3 N–H and O–H groups in total. The summed E-state index contributed by atoms with van der Waals surface area (Å²) in [6.07, 6.45) is 7.69. The lowest BCUT2D eigenvalue weighted by Gasteiger charge is -2.24. The molecule has 0 aliphatic heterocycles. The smallest absolute Gasteiger partial charge is 0.239 e. The van der Waals surface area contributed by atoms with E-state index in [-0.39, 0.29) is 18.6 Å². The fourth-order valence-corrected chi connectivity index (χ4v) is 2.52. The van der Waals surface area contributed by atoms with Crippen LogP contribution in [0.2, 0.25) is 0 Å². The van der Waals surface area contributed by atoms with Crippen LogP contribution in [0.4, 0.5) is 0 Å². The predicted octanol–water partition coefficient (Wildman–Crippen LogP) is 1.44. The number of ether oxygens (including phenoxy) is 1. The van der Waals surface area contributed by atoms with Crippen molar-refractivity contribution in [1.29, 1.82) is 0 Å². The van der Waals surface area contributed by atoms with E-state index in [1.807, 2.05) is 0 Å². The highest BCUT2D eigenvalue weighted by molar-refractivity contribution is 5.81. The summed E-state index contributed by atoms with van der Waals surface area (Å²) in [6, 6.07) is -0.322. The van der Waals surface area contributed by atoms with Gasteiger partial charge in [0, 0.05) is 13.2 Å². The van der Waals surface area contributed by atoms with E-state index in [1.54, 1.807) is 7.11 Å². The summed E-state index contributed by atoms with van der Waals surface area (Å²) in [4.78, 5) is 11.8. The minimum absolute atomic E-state index is 0.0939. The largest absolute Gasteiger partial charge is 0.383 e. The second kappa shape index (κ2) is 7.67. The second-order valence-electron chi connectivity index (χ2n) is 5.11. The number of amides is 1. The van der Waals surface area contributed by atoms with Gasteiger partial charge in [-0.3, -0.25) is 4.79 Å². The van der Waals surface area contributed by atoms with E-state index in [0.29, 0.717) is 5.92 Å². The molecule has 4 heteroatoms. The Balaban J connectivity index is 2.35. The summed E-state index contributed by atoms with van der Waals surface area (Å²) in [5, 5.41) is 3.02. The summed E-state index contributed by atoms with van der Waals surface area (Å²) in [5.74, 6) is 0.514. The topological polar surface area (TPSA) is 64.3 Å². The van der Waals surface area contributed by atoms with Gasteiger partial charge in [0.1, 0.15) is 6.04 Å². The van der Waals surface area contributed by atoms with Crippen molar-refractivity contribution in [3.05, 3.63) is 0 Å². The molecule has 0 radical (unpaired) electrons. The van der Waals surface area contributed by atoms with Crippen molar-refractivity contribution < 1.29 is 9.53 Å². The first kappa shape index (κ1) is 14.5. The van der Waals surface area contributed by atoms with Crippen molar-refractivity contribution in [3.8, 4) is 0 Å². The van der Waals surface area contributed by atoms with E-state index in [4.69, 9.17) is 10.5 Å². The molecule has 2 atom stereocenters. The van der Waals surface area contributed by atoms with Crippen LogP contribution in [-0.2, 0) is 9.53 Å². The van der Waals surface area contributed by atoms with Crippen molar-refractivity contribution in [1.82, 2.24) is 5.32 Å². The van der Waals surface area contributed by atoms with Gasteiger partial charge in [-0.15, -0.1) is 0 Å². The molecule has 0 spiro atoms. The third kappa shape index (κ3) is 5.04. The molecule has 0 aromatic carbocycles.